The van der Waals surface area contributed by atoms with Crippen LogP contribution in [-0.2, 0) is 0 Å². The van der Waals surface area contributed by atoms with Crippen molar-refractivity contribution in [2.24, 2.45) is 0 Å². The van der Waals surface area contributed by atoms with Gasteiger partial charge in [-0.15, -0.1) is 0 Å². The first kappa shape index (κ1) is 12.1. The van der Waals surface area contributed by atoms with Gasteiger partial charge in [0, 0.05) is 0 Å². The van der Waals surface area contributed by atoms with E-state index in [9.17, 15) is 4.39 Å². The lowest BCUT2D eigenvalue weighted by Gasteiger charge is -1.99. The SMILES string of the molecule is CC.Cc1ccc(Br)c(F)c1C#N. The minimum Gasteiger partial charge on any atom is -0.204 e. The van der Waals surface area contributed by atoms with Crippen molar-refractivity contribution in [3.8, 4) is 6.07 Å². The van der Waals surface area contributed by atoms with Gasteiger partial charge in [0.15, 0.2) is 5.82 Å². The Labute approximate surface area is 86.3 Å². The Bertz CT molecular complexity index is 328. The Kier molecular flexibility index (Phi) is 5.33. The molecular formula is C10H11BrFN. The molecule has 0 radical (unpaired) electrons. The number of benzene rings is 1. The topological polar surface area (TPSA) is 23.8 Å². The summed E-state index contributed by atoms with van der Waals surface area (Å²) >= 11 is 2.99. The maximum absolute atomic E-state index is 13.0. The molecule has 0 aliphatic rings. The van der Waals surface area contributed by atoms with Crippen molar-refractivity contribution in [3.05, 3.63) is 33.5 Å². The van der Waals surface area contributed by atoms with Crippen LogP contribution in [0.15, 0.2) is 16.6 Å². The van der Waals surface area contributed by atoms with Gasteiger partial charge >= 0.3 is 0 Å². The lowest BCUT2D eigenvalue weighted by molar-refractivity contribution is 0.616. The second-order valence-corrected chi connectivity index (χ2v) is 3.02. The third kappa shape index (κ3) is 2.82. The zero-order valence-electron chi connectivity index (χ0n) is 7.86. The quantitative estimate of drug-likeness (QED) is 0.681. The molecule has 0 N–H and O–H groups in total. The zero-order chi connectivity index (χ0) is 10.4. The van der Waals surface area contributed by atoms with Gasteiger partial charge in [-0.05, 0) is 34.5 Å². The molecule has 0 unspecified atom stereocenters. The number of halogens is 2. The lowest BCUT2D eigenvalue weighted by atomic mass is 10.1. The molecule has 0 aliphatic carbocycles. The number of rotatable bonds is 0. The van der Waals surface area contributed by atoms with Gasteiger partial charge < -0.3 is 0 Å². The van der Waals surface area contributed by atoms with Crippen LogP contribution in [-0.4, -0.2) is 0 Å². The van der Waals surface area contributed by atoms with E-state index in [-0.39, 0.29) is 5.56 Å². The van der Waals surface area contributed by atoms with Crippen LogP contribution in [0.5, 0.6) is 0 Å². The summed E-state index contributed by atoms with van der Waals surface area (Å²) in [6.07, 6.45) is 0. The van der Waals surface area contributed by atoms with Gasteiger partial charge in [0.1, 0.15) is 6.07 Å². The molecule has 0 saturated carbocycles. The maximum atomic E-state index is 13.0. The number of nitrogens with zero attached hydrogens (tertiary/aromatic N) is 1. The second kappa shape index (κ2) is 5.71. The van der Waals surface area contributed by atoms with Crippen LogP contribution in [0.3, 0.4) is 0 Å². The highest BCUT2D eigenvalue weighted by Crippen LogP contribution is 2.20. The van der Waals surface area contributed by atoms with E-state index in [4.69, 9.17) is 5.26 Å². The molecule has 13 heavy (non-hydrogen) atoms. The molecule has 0 atom stereocenters. The van der Waals surface area contributed by atoms with Crippen LogP contribution >= 0.6 is 15.9 Å². The lowest BCUT2D eigenvalue weighted by Crippen LogP contribution is -1.88. The van der Waals surface area contributed by atoms with Gasteiger partial charge in [-0.2, -0.15) is 5.26 Å². The molecule has 1 aromatic carbocycles. The predicted octanol–water partition coefficient (Wildman–Crippen LogP) is 3.79. The normalized spacial score (nSPS) is 8.31. The zero-order valence-corrected chi connectivity index (χ0v) is 9.44. The fraction of sp³-hybridized carbons (Fsp3) is 0.300. The van der Waals surface area contributed by atoms with Crippen molar-refractivity contribution < 1.29 is 4.39 Å². The molecule has 0 spiro atoms. The van der Waals surface area contributed by atoms with E-state index in [1.54, 1.807) is 25.1 Å². The Hall–Kier alpha value is -0.880. The molecule has 0 bridgehead atoms. The Morgan fingerprint density at radius 1 is 1.38 bits per heavy atom. The Morgan fingerprint density at radius 3 is 2.31 bits per heavy atom. The van der Waals surface area contributed by atoms with E-state index in [1.807, 2.05) is 13.8 Å². The van der Waals surface area contributed by atoms with Crippen LogP contribution in [0.2, 0.25) is 0 Å². The first-order chi connectivity index (χ1) is 6.16. The maximum Gasteiger partial charge on any atom is 0.155 e. The van der Waals surface area contributed by atoms with Crippen LogP contribution < -0.4 is 0 Å². The number of aryl methyl sites for hydroxylation is 1. The van der Waals surface area contributed by atoms with Crippen LogP contribution in [0.25, 0.3) is 0 Å². The van der Waals surface area contributed by atoms with E-state index in [1.165, 1.54) is 0 Å². The molecule has 0 saturated heterocycles. The molecule has 0 aromatic heterocycles. The van der Waals surface area contributed by atoms with Gasteiger partial charge in [-0.3, -0.25) is 0 Å². The Balaban J connectivity index is 0.000000671. The molecule has 0 fully saturated rings. The van der Waals surface area contributed by atoms with Crippen molar-refractivity contribution in [2.45, 2.75) is 20.8 Å². The summed E-state index contributed by atoms with van der Waals surface area (Å²) in [6, 6.07) is 5.09. The third-order valence-corrected chi connectivity index (χ3v) is 2.03. The smallest absolute Gasteiger partial charge is 0.155 e. The van der Waals surface area contributed by atoms with E-state index in [0.717, 1.165) is 0 Å². The standard InChI is InChI=1S/C8H5BrFN.C2H6/c1-5-2-3-7(9)8(10)6(5)4-11;1-2/h2-3H,1H3;1-2H3. The van der Waals surface area contributed by atoms with Crippen molar-refractivity contribution >= 4 is 15.9 Å². The molecule has 3 heteroatoms. The third-order valence-electron chi connectivity index (χ3n) is 1.41. The summed E-state index contributed by atoms with van der Waals surface area (Å²) in [5.74, 6) is -0.479. The Morgan fingerprint density at radius 2 is 1.92 bits per heavy atom. The largest absolute Gasteiger partial charge is 0.204 e. The first-order valence-corrected chi connectivity index (χ1v) is 4.81. The van der Waals surface area contributed by atoms with E-state index in [2.05, 4.69) is 15.9 Å². The van der Waals surface area contributed by atoms with Gasteiger partial charge in [0.05, 0.1) is 10.0 Å². The van der Waals surface area contributed by atoms with Gasteiger partial charge in [0.25, 0.3) is 0 Å². The minimum atomic E-state index is -0.479. The summed E-state index contributed by atoms with van der Waals surface area (Å²) in [5.41, 5.74) is 0.771. The highest BCUT2D eigenvalue weighted by molar-refractivity contribution is 9.10. The summed E-state index contributed by atoms with van der Waals surface area (Å²) < 4.78 is 13.3. The number of nitriles is 1. The van der Waals surface area contributed by atoms with Crippen molar-refractivity contribution in [1.29, 1.82) is 5.26 Å². The monoisotopic (exact) mass is 243 g/mol. The molecule has 0 amide bonds. The van der Waals surface area contributed by atoms with Crippen LogP contribution in [0.4, 0.5) is 4.39 Å². The minimum absolute atomic E-state index is 0.111. The van der Waals surface area contributed by atoms with Crippen molar-refractivity contribution in [3.63, 3.8) is 0 Å². The predicted molar refractivity (Wildman–Crippen MR) is 54.9 cm³/mol. The van der Waals surface area contributed by atoms with Crippen LogP contribution in [0, 0.1) is 24.1 Å². The molecule has 0 heterocycles. The molecule has 0 aliphatic heterocycles. The van der Waals surface area contributed by atoms with Crippen molar-refractivity contribution in [2.75, 3.05) is 0 Å². The van der Waals surface area contributed by atoms with Crippen molar-refractivity contribution in [1.82, 2.24) is 0 Å². The summed E-state index contributed by atoms with van der Waals surface area (Å²) in [7, 11) is 0. The highest BCUT2D eigenvalue weighted by atomic mass is 79.9. The molecule has 1 rings (SSSR count). The first-order valence-electron chi connectivity index (χ1n) is 4.01. The number of hydrogen-bond donors (Lipinski definition) is 0. The average molecular weight is 244 g/mol. The fourth-order valence-corrected chi connectivity index (χ4v) is 1.11. The average Bonchev–Trinajstić information content (AvgIpc) is 2.16. The van der Waals surface area contributed by atoms with Crippen LogP contribution in [0.1, 0.15) is 25.0 Å². The van der Waals surface area contributed by atoms with Gasteiger partial charge in [-0.25, -0.2) is 4.39 Å². The van der Waals surface area contributed by atoms with E-state index >= 15 is 0 Å². The van der Waals surface area contributed by atoms with E-state index in [0.29, 0.717) is 10.0 Å². The van der Waals surface area contributed by atoms with E-state index < -0.39 is 5.82 Å². The molecule has 1 nitrogen and oxygen atoms in total. The highest BCUT2D eigenvalue weighted by Gasteiger charge is 2.07. The number of hydrogen-bond acceptors (Lipinski definition) is 1. The van der Waals surface area contributed by atoms with Gasteiger partial charge in [0.2, 0.25) is 0 Å². The summed E-state index contributed by atoms with van der Waals surface area (Å²) in [4.78, 5) is 0. The van der Waals surface area contributed by atoms with Gasteiger partial charge in [-0.1, -0.05) is 19.9 Å². The fourth-order valence-electron chi connectivity index (χ4n) is 0.784. The molecule has 1 aromatic rings. The molecular weight excluding hydrogens is 233 g/mol. The summed E-state index contributed by atoms with van der Waals surface area (Å²) in [5, 5.41) is 8.51. The molecule has 70 valence electrons. The summed E-state index contributed by atoms with van der Waals surface area (Å²) in [6.45, 7) is 5.70. The second-order valence-electron chi connectivity index (χ2n) is 2.17.